The van der Waals surface area contributed by atoms with Gasteiger partial charge in [0.2, 0.25) is 0 Å². The number of carbonyl (C=O) groups is 2. The van der Waals surface area contributed by atoms with Crippen LogP contribution in [0.25, 0.3) is 10.9 Å². The Balaban J connectivity index is 1.51. The van der Waals surface area contributed by atoms with Gasteiger partial charge >= 0.3 is 0 Å². The molecule has 2 aliphatic rings. The largest absolute Gasteiger partial charge is 0.356 e. The second-order valence-electron chi connectivity index (χ2n) is 13.7. The second-order valence-corrected chi connectivity index (χ2v) is 13.7. The summed E-state index contributed by atoms with van der Waals surface area (Å²) >= 11 is 0. The van der Waals surface area contributed by atoms with Gasteiger partial charge in [0.25, 0.3) is 0 Å². The molecule has 1 atom stereocenters. The monoisotopic (exact) mass is 572 g/mol. The van der Waals surface area contributed by atoms with Crippen molar-refractivity contribution in [2.75, 3.05) is 6.54 Å². The Morgan fingerprint density at radius 2 is 1.49 bits per heavy atom. The van der Waals surface area contributed by atoms with Gasteiger partial charge in [0.05, 0.1) is 17.3 Å². The van der Waals surface area contributed by atoms with Crippen LogP contribution in [0.5, 0.6) is 0 Å². The molecule has 1 unspecified atom stereocenters. The maximum Gasteiger partial charge on any atom is 0.197 e. The molecule has 3 heterocycles. The maximum atomic E-state index is 14.9. The minimum atomic E-state index is -1.60. The zero-order valence-electron chi connectivity index (χ0n) is 25.3. The number of aromatic amines is 1. The van der Waals surface area contributed by atoms with Crippen LogP contribution in [-0.2, 0) is 17.5 Å². The molecule has 1 aliphatic carbocycles. The van der Waals surface area contributed by atoms with Crippen LogP contribution >= 0.6 is 0 Å². The molecule has 2 aromatic heterocycles. The molecule has 8 nitrogen and oxygen atoms in total. The smallest absolute Gasteiger partial charge is 0.197 e. The number of ketones is 2. The van der Waals surface area contributed by atoms with Crippen LogP contribution in [0.3, 0.4) is 0 Å². The summed E-state index contributed by atoms with van der Waals surface area (Å²) in [5, 5.41) is 14.4. The Bertz CT molecular complexity index is 1840. The predicted molar refractivity (Wildman–Crippen MR) is 165 cm³/mol. The Morgan fingerprint density at radius 3 is 2.16 bits per heavy atom. The minimum absolute atomic E-state index is 0.0135. The molecular weight excluding hydrogens is 536 g/mol. The number of carbonyl (C=O) groups excluding carboxylic acids is 2. The highest BCUT2D eigenvalue weighted by molar-refractivity contribution is 6.33. The molecule has 1 aliphatic heterocycles. The van der Waals surface area contributed by atoms with E-state index in [0.717, 1.165) is 28.5 Å². The molecule has 43 heavy (non-hydrogen) atoms. The highest BCUT2D eigenvalue weighted by Crippen LogP contribution is 2.51. The third kappa shape index (κ3) is 4.03. The van der Waals surface area contributed by atoms with Crippen molar-refractivity contribution in [1.82, 2.24) is 30.1 Å². The van der Waals surface area contributed by atoms with Crippen LogP contribution in [0.15, 0.2) is 78.9 Å². The van der Waals surface area contributed by atoms with Gasteiger partial charge in [0, 0.05) is 28.6 Å². The van der Waals surface area contributed by atoms with Crippen molar-refractivity contribution in [2.24, 2.45) is 5.41 Å². The Labute approximate surface area is 251 Å². The maximum absolute atomic E-state index is 14.9. The number of H-pyrrole nitrogens is 1. The molecule has 1 N–H and O–H groups in total. The molecule has 0 radical (unpaired) electrons. The van der Waals surface area contributed by atoms with Crippen molar-refractivity contribution in [3.63, 3.8) is 0 Å². The standard InChI is InChI=1S/C35H36N6O2/c1-33(2,3)21-34(4,5)41-32(37-38-39-41)28(22-13-7-6-8-14-22)40-20-19-24-23-15-11-12-18-27(23)36-29(24)35(40)30(42)25-16-9-10-17-26(25)31(35)43/h6-18,28,36H,19-21H2,1-5H3. The predicted octanol–water partition coefficient (Wildman–Crippen LogP) is 6.25. The topological polar surface area (TPSA) is 96.8 Å². The molecule has 5 aromatic rings. The Morgan fingerprint density at radius 1 is 0.860 bits per heavy atom. The number of nitrogens with one attached hydrogen (secondary N) is 1. The average molecular weight is 573 g/mol. The van der Waals surface area contributed by atoms with E-state index >= 15 is 0 Å². The lowest BCUT2D eigenvalue weighted by Gasteiger charge is -2.46. The lowest BCUT2D eigenvalue weighted by Crippen LogP contribution is -2.59. The molecule has 0 saturated carbocycles. The van der Waals surface area contributed by atoms with Crippen molar-refractivity contribution >= 4 is 22.5 Å². The molecule has 0 amide bonds. The van der Waals surface area contributed by atoms with Gasteiger partial charge in [-0.25, -0.2) is 4.68 Å². The van der Waals surface area contributed by atoms with Crippen molar-refractivity contribution in [2.45, 2.75) is 64.6 Å². The van der Waals surface area contributed by atoms with Gasteiger partial charge in [-0.3, -0.25) is 14.5 Å². The van der Waals surface area contributed by atoms with E-state index in [4.69, 9.17) is 0 Å². The first kappa shape index (κ1) is 27.4. The SMILES string of the molecule is CC(C)(C)CC(C)(C)n1nnnc1C(c1ccccc1)N1CCc2c([nH]c3ccccc23)C12C(=O)c1ccccc1C2=O. The van der Waals surface area contributed by atoms with Gasteiger partial charge in [-0.05, 0) is 59.7 Å². The quantitative estimate of drug-likeness (QED) is 0.250. The van der Waals surface area contributed by atoms with Gasteiger partial charge in [-0.15, -0.1) is 5.10 Å². The molecule has 3 aromatic carbocycles. The number of aromatic nitrogens is 5. The summed E-state index contributed by atoms with van der Waals surface area (Å²) in [5.41, 5.74) is 2.37. The first-order valence-corrected chi connectivity index (χ1v) is 14.9. The molecule has 7 rings (SSSR count). The fourth-order valence-electron chi connectivity index (χ4n) is 7.77. The van der Waals surface area contributed by atoms with Crippen molar-refractivity contribution in [3.8, 4) is 0 Å². The molecule has 0 bridgehead atoms. The number of hydrogen-bond acceptors (Lipinski definition) is 6. The lowest BCUT2D eigenvalue weighted by atomic mass is 9.78. The second kappa shape index (κ2) is 9.54. The zero-order valence-corrected chi connectivity index (χ0v) is 25.3. The summed E-state index contributed by atoms with van der Waals surface area (Å²) in [6.45, 7) is 11.4. The first-order valence-electron chi connectivity index (χ1n) is 14.9. The van der Waals surface area contributed by atoms with E-state index in [0.29, 0.717) is 35.6 Å². The van der Waals surface area contributed by atoms with Crippen LogP contribution in [0.1, 0.15) is 90.4 Å². The van der Waals surface area contributed by atoms with Crippen LogP contribution in [0, 0.1) is 5.41 Å². The number of fused-ring (bicyclic) bond motifs is 5. The fourth-order valence-corrected chi connectivity index (χ4v) is 7.77. The van der Waals surface area contributed by atoms with Crippen LogP contribution < -0.4 is 0 Å². The number of tetrazole rings is 1. The number of nitrogens with zero attached hydrogens (tertiary/aromatic N) is 5. The molecule has 8 heteroatoms. The number of para-hydroxylation sites is 1. The van der Waals surface area contributed by atoms with E-state index in [1.165, 1.54) is 0 Å². The molecular formula is C35H36N6O2. The van der Waals surface area contributed by atoms with Gasteiger partial charge in [0.15, 0.2) is 22.9 Å². The Kier molecular flexibility index (Phi) is 6.08. The number of hydrogen-bond donors (Lipinski definition) is 1. The number of Topliss-reactive ketones (excluding diaryl/α,β-unsaturated/α-hetero) is 2. The molecule has 0 fully saturated rings. The first-order chi connectivity index (χ1) is 20.5. The van der Waals surface area contributed by atoms with E-state index in [2.05, 4.69) is 66.1 Å². The summed E-state index contributed by atoms with van der Waals surface area (Å²) in [6.07, 6.45) is 1.48. The van der Waals surface area contributed by atoms with E-state index in [1.54, 1.807) is 12.1 Å². The van der Waals surface area contributed by atoms with E-state index < -0.39 is 17.1 Å². The summed E-state index contributed by atoms with van der Waals surface area (Å²) in [5.74, 6) is 0.181. The summed E-state index contributed by atoms with van der Waals surface area (Å²) < 4.78 is 1.90. The highest BCUT2D eigenvalue weighted by atomic mass is 16.2. The van der Waals surface area contributed by atoms with E-state index in [-0.39, 0.29) is 17.0 Å². The van der Waals surface area contributed by atoms with E-state index in [1.807, 2.05) is 65.3 Å². The normalized spacial score (nSPS) is 17.4. The van der Waals surface area contributed by atoms with Gasteiger partial charge in [0.1, 0.15) is 0 Å². The third-order valence-corrected chi connectivity index (χ3v) is 8.98. The summed E-state index contributed by atoms with van der Waals surface area (Å²) in [6, 6.07) is 24.7. The molecule has 0 saturated heterocycles. The van der Waals surface area contributed by atoms with Crippen LogP contribution in [-0.4, -0.2) is 48.2 Å². The molecule has 218 valence electrons. The highest BCUT2D eigenvalue weighted by Gasteiger charge is 2.63. The van der Waals surface area contributed by atoms with Crippen molar-refractivity contribution < 1.29 is 9.59 Å². The fraction of sp³-hybridized carbons (Fsp3) is 0.343. The molecule has 1 spiro atoms. The van der Waals surface area contributed by atoms with Crippen molar-refractivity contribution in [1.29, 1.82) is 0 Å². The zero-order chi connectivity index (χ0) is 30.1. The summed E-state index contributed by atoms with van der Waals surface area (Å²) in [7, 11) is 0. The van der Waals surface area contributed by atoms with Crippen molar-refractivity contribution in [3.05, 3.63) is 113 Å². The lowest BCUT2D eigenvalue weighted by molar-refractivity contribution is 0.0307. The van der Waals surface area contributed by atoms with Crippen LogP contribution in [0.4, 0.5) is 0 Å². The van der Waals surface area contributed by atoms with Gasteiger partial charge in [-0.2, -0.15) is 0 Å². The van der Waals surface area contributed by atoms with E-state index in [9.17, 15) is 9.59 Å². The third-order valence-electron chi connectivity index (χ3n) is 8.98. The van der Waals surface area contributed by atoms with Crippen LogP contribution in [0.2, 0.25) is 0 Å². The van der Waals surface area contributed by atoms with Gasteiger partial charge < -0.3 is 4.98 Å². The number of rotatable bonds is 5. The summed E-state index contributed by atoms with van der Waals surface area (Å²) in [4.78, 5) is 35.4. The van der Waals surface area contributed by atoms with Gasteiger partial charge in [-0.1, -0.05) is 93.6 Å². The number of benzene rings is 3. The Hall–Kier alpha value is -4.43. The average Bonchev–Trinajstić information content (AvgIpc) is 3.67. The minimum Gasteiger partial charge on any atom is -0.356 e.